The quantitative estimate of drug-likeness (QED) is 0.545. The van der Waals surface area contributed by atoms with Crippen LogP contribution in [0.2, 0.25) is 0 Å². The number of hydrogen-bond donors (Lipinski definition) is 1. The lowest BCUT2D eigenvalue weighted by molar-refractivity contribution is -0.182. The molecule has 4 rings (SSSR count). The van der Waals surface area contributed by atoms with Crippen molar-refractivity contribution >= 4 is 29.1 Å². The first-order valence-electron chi connectivity index (χ1n) is 8.57. The number of piperazine rings is 1. The van der Waals surface area contributed by atoms with Crippen LogP contribution in [0.1, 0.15) is 11.3 Å². The van der Waals surface area contributed by atoms with Gasteiger partial charge in [0.15, 0.2) is 0 Å². The van der Waals surface area contributed by atoms with Crippen LogP contribution >= 0.6 is 11.3 Å². The van der Waals surface area contributed by atoms with Crippen LogP contribution in [0.4, 0.5) is 0 Å². The second kappa shape index (κ2) is 6.41. The highest BCUT2D eigenvalue weighted by Gasteiger charge is 2.64. The number of β-amino-alcohol motifs (C(OH)–C–C–N with tert-alkyl or cyclic N) is 1. The maximum absolute atomic E-state index is 13.1. The smallest absolute Gasteiger partial charge is 0.325 e. The zero-order valence-corrected chi connectivity index (χ0v) is 15.3. The third-order valence-electron chi connectivity index (χ3n) is 5.47. The average molecular weight is 379 g/mol. The van der Waals surface area contributed by atoms with Gasteiger partial charge in [-0.15, -0.1) is 11.3 Å². The Labute approximate surface area is 154 Å². The second-order valence-electron chi connectivity index (χ2n) is 7.12. The summed E-state index contributed by atoms with van der Waals surface area (Å²) in [6.07, 6.45) is -0.353. The summed E-state index contributed by atoms with van der Waals surface area (Å²) in [5.74, 6) is -1.40. The Balaban J connectivity index is 1.57. The lowest BCUT2D eigenvalue weighted by Crippen LogP contribution is -2.81. The Hall–Kier alpha value is -1.81. The van der Waals surface area contributed by atoms with Gasteiger partial charge in [0.25, 0.3) is 5.91 Å². The van der Waals surface area contributed by atoms with Gasteiger partial charge in [0, 0.05) is 31.1 Å². The van der Waals surface area contributed by atoms with Gasteiger partial charge in [0.2, 0.25) is 5.91 Å². The lowest BCUT2D eigenvalue weighted by Gasteiger charge is -2.58. The molecule has 3 aliphatic heterocycles. The number of aliphatic hydroxyl groups excluding tert-OH is 1. The first-order valence-corrected chi connectivity index (χ1v) is 9.45. The van der Waals surface area contributed by atoms with Crippen LogP contribution in [0.5, 0.6) is 0 Å². The molecule has 3 fully saturated rings. The number of imide groups is 1. The summed E-state index contributed by atoms with van der Waals surface area (Å²) in [5.41, 5.74) is -0.846. The van der Waals surface area contributed by atoms with Crippen LogP contribution in [0.3, 0.4) is 0 Å². The fourth-order valence-electron chi connectivity index (χ4n) is 4.26. The van der Waals surface area contributed by atoms with Crippen molar-refractivity contribution in [3.63, 3.8) is 0 Å². The highest BCUT2D eigenvalue weighted by Crippen LogP contribution is 2.40. The van der Waals surface area contributed by atoms with Gasteiger partial charge in [-0.2, -0.15) is 0 Å². The van der Waals surface area contributed by atoms with Gasteiger partial charge < -0.3 is 9.84 Å². The van der Waals surface area contributed by atoms with Crippen molar-refractivity contribution in [2.75, 3.05) is 33.3 Å². The van der Waals surface area contributed by atoms with Crippen molar-refractivity contribution in [3.05, 3.63) is 22.4 Å². The van der Waals surface area contributed by atoms with Gasteiger partial charge in [-0.1, -0.05) is 6.07 Å². The van der Waals surface area contributed by atoms with E-state index in [4.69, 9.17) is 0 Å². The maximum atomic E-state index is 13.1. The molecule has 8 nitrogen and oxygen atoms in total. The molecule has 0 aromatic carbocycles. The highest BCUT2D eigenvalue weighted by molar-refractivity contribution is 7.09. The Bertz CT molecular complexity index is 731. The average Bonchev–Trinajstić information content (AvgIpc) is 3.22. The van der Waals surface area contributed by atoms with Gasteiger partial charge in [0.05, 0.1) is 19.3 Å². The number of ether oxygens (including phenoxy) is 1. The number of nitrogens with zero attached hydrogens (tertiary/aromatic N) is 3. The second-order valence-corrected chi connectivity index (χ2v) is 8.15. The molecule has 140 valence electrons. The minimum atomic E-state index is -0.846. The Morgan fingerprint density at radius 1 is 1.42 bits per heavy atom. The molecule has 0 radical (unpaired) electrons. The third kappa shape index (κ3) is 2.66. The molecule has 9 heteroatoms. The minimum Gasteiger partial charge on any atom is -0.468 e. The molecule has 3 aliphatic rings. The van der Waals surface area contributed by atoms with Gasteiger partial charge in [-0.25, -0.2) is 0 Å². The Morgan fingerprint density at radius 3 is 2.85 bits per heavy atom. The number of thiophene rings is 1. The molecule has 26 heavy (non-hydrogen) atoms. The third-order valence-corrected chi connectivity index (χ3v) is 6.33. The van der Waals surface area contributed by atoms with E-state index in [2.05, 4.69) is 9.64 Å². The lowest BCUT2D eigenvalue weighted by atomic mass is 9.82. The number of aliphatic hydroxyl groups is 1. The normalized spacial score (nSPS) is 28.3. The van der Waals surface area contributed by atoms with E-state index in [1.165, 1.54) is 12.0 Å². The predicted molar refractivity (Wildman–Crippen MR) is 92.2 cm³/mol. The first-order chi connectivity index (χ1) is 12.4. The van der Waals surface area contributed by atoms with Crippen molar-refractivity contribution in [1.82, 2.24) is 14.7 Å². The summed E-state index contributed by atoms with van der Waals surface area (Å²) in [7, 11) is 1.23. The summed E-state index contributed by atoms with van der Waals surface area (Å²) >= 11 is 1.66. The maximum Gasteiger partial charge on any atom is 0.325 e. The molecule has 1 aromatic rings. The van der Waals surface area contributed by atoms with Gasteiger partial charge in [-0.3, -0.25) is 29.1 Å². The van der Waals surface area contributed by atoms with Gasteiger partial charge in [0.1, 0.15) is 12.1 Å². The van der Waals surface area contributed by atoms with E-state index in [-0.39, 0.29) is 18.9 Å². The molecule has 3 saturated heterocycles. The number of amides is 2. The first kappa shape index (κ1) is 17.6. The largest absolute Gasteiger partial charge is 0.468 e. The van der Waals surface area contributed by atoms with E-state index < -0.39 is 29.6 Å². The molecule has 2 amide bonds. The fourth-order valence-corrected chi connectivity index (χ4v) is 5.01. The molecule has 2 atom stereocenters. The number of hydrogen-bond acceptors (Lipinski definition) is 8. The van der Waals surface area contributed by atoms with Gasteiger partial charge >= 0.3 is 5.97 Å². The SMILES string of the molecule is COC(=O)CN1C(=O)[C@@H]2C[C@@H](O)CN2C2(CN(Cc3cccs3)C2)C1=O. The summed E-state index contributed by atoms with van der Waals surface area (Å²) in [6, 6.07) is 3.48. The molecule has 1 N–H and O–H groups in total. The topological polar surface area (TPSA) is 90.4 Å². The van der Waals surface area contributed by atoms with Crippen LogP contribution in [-0.4, -0.2) is 88.6 Å². The minimum absolute atomic E-state index is 0.288. The van der Waals surface area contributed by atoms with Crippen LogP contribution in [-0.2, 0) is 25.7 Å². The van der Waals surface area contributed by atoms with Crippen LogP contribution < -0.4 is 0 Å². The number of carbonyl (C=O) groups is 3. The summed E-state index contributed by atoms with van der Waals surface area (Å²) in [5, 5.41) is 12.1. The molecule has 4 heterocycles. The molecule has 1 aromatic heterocycles. The van der Waals surface area contributed by atoms with Crippen LogP contribution in [0, 0.1) is 0 Å². The van der Waals surface area contributed by atoms with Crippen molar-refractivity contribution in [2.24, 2.45) is 0 Å². The summed E-state index contributed by atoms with van der Waals surface area (Å²) < 4.78 is 4.64. The van der Waals surface area contributed by atoms with E-state index in [0.717, 1.165) is 11.4 Å². The Morgan fingerprint density at radius 2 is 2.19 bits per heavy atom. The van der Waals surface area contributed by atoms with Crippen molar-refractivity contribution < 1.29 is 24.2 Å². The highest BCUT2D eigenvalue weighted by atomic mass is 32.1. The summed E-state index contributed by atoms with van der Waals surface area (Å²) in [4.78, 5) is 43.8. The number of rotatable bonds is 4. The molecule has 0 saturated carbocycles. The van der Waals surface area contributed by atoms with E-state index >= 15 is 0 Å². The summed E-state index contributed by atoms with van der Waals surface area (Å²) in [6.45, 7) is 1.65. The van der Waals surface area contributed by atoms with Crippen molar-refractivity contribution in [2.45, 2.75) is 30.7 Å². The van der Waals surface area contributed by atoms with E-state index in [1.807, 2.05) is 22.4 Å². The molecule has 0 aliphatic carbocycles. The predicted octanol–water partition coefficient (Wildman–Crippen LogP) is -0.720. The van der Waals surface area contributed by atoms with Crippen molar-refractivity contribution in [3.8, 4) is 0 Å². The number of esters is 1. The zero-order chi connectivity index (χ0) is 18.5. The molecule has 1 spiro atoms. The zero-order valence-electron chi connectivity index (χ0n) is 14.5. The van der Waals surface area contributed by atoms with E-state index in [0.29, 0.717) is 19.6 Å². The molecule has 0 unspecified atom stereocenters. The Kier molecular flexibility index (Phi) is 4.34. The van der Waals surface area contributed by atoms with Crippen LogP contribution in [0.15, 0.2) is 17.5 Å². The fraction of sp³-hybridized carbons (Fsp3) is 0.588. The van der Waals surface area contributed by atoms with Gasteiger partial charge in [-0.05, 0) is 17.9 Å². The monoisotopic (exact) mass is 379 g/mol. The standard InChI is InChI=1S/C17H21N3O5S/c1-25-14(22)8-19-15(23)13-5-11(21)6-20(13)17(16(19)24)9-18(10-17)7-12-3-2-4-26-12/h2-4,11,13,21H,5-10H2,1H3/t11-,13+/m1/s1. The molecule has 0 bridgehead atoms. The van der Waals surface area contributed by atoms with E-state index in [1.54, 1.807) is 11.3 Å². The van der Waals surface area contributed by atoms with Crippen LogP contribution in [0.25, 0.3) is 0 Å². The number of fused-ring (bicyclic) bond motifs is 2. The molecular formula is C17H21N3O5S. The molecular weight excluding hydrogens is 358 g/mol. The number of carbonyl (C=O) groups excluding carboxylic acids is 3. The number of likely N-dealkylation sites (tertiary alicyclic amines) is 1. The number of methoxy groups -OCH3 is 1. The van der Waals surface area contributed by atoms with E-state index in [9.17, 15) is 19.5 Å². The van der Waals surface area contributed by atoms with Crippen molar-refractivity contribution in [1.29, 1.82) is 0 Å².